The van der Waals surface area contributed by atoms with Gasteiger partial charge in [-0.05, 0) is 32.9 Å². The van der Waals surface area contributed by atoms with Gasteiger partial charge in [-0.2, -0.15) is 0 Å². The molecule has 1 aliphatic rings. The first kappa shape index (κ1) is 16.3. The maximum atomic E-state index is 12.0. The van der Waals surface area contributed by atoms with E-state index in [2.05, 4.69) is 39.2 Å². The van der Waals surface area contributed by atoms with E-state index in [0.29, 0.717) is 0 Å². The lowest BCUT2D eigenvalue weighted by molar-refractivity contribution is -0.121. The average molecular weight is 274 g/mol. The highest BCUT2D eigenvalue weighted by atomic mass is 16.1. The van der Waals surface area contributed by atoms with Gasteiger partial charge < -0.3 is 10.2 Å². The number of hydrogen-bond donors (Lipinski definition) is 1. The lowest BCUT2D eigenvalue weighted by Crippen LogP contribution is -2.43. The Morgan fingerprint density at radius 1 is 1.20 bits per heavy atom. The molecule has 1 aliphatic heterocycles. The summed E-state index contributed by atoms with van der Waals surface area (Å²) in [6, 6.07) is 0. The molecular weight excluding hydrogens is 248 g/mol. The van der Waals surface area contributed by atoms with Crippen molar-refractivity contribution in [3.05, 3.63) is 48.6 Å². The molecule has 0 unspecified atom stereocenters. The van der Waals surface area contributed by atoms with E-state index < -0.39 is 0 Å². The van der Waals surface area contributed by atoms with Gasteiger partial charge in [0.25, 0.3) is 0 Å². The fourth-order valence-electron chi connectivity index (χ4n) is 1.76. The molecule has 0 saturated heterocycles. The van der Waals surface area contributed by atoms with Crippen LogP contribution < -0.4 is 5.32 Å². The first-order valence-corrected chi connectivity index (χ1v) is 6.82. The quantitative estimate of drug-likeness (QED) is 0.779. The van der Waals surface area contributed by atoms with Crippen LogP contribution in [0.5, 0.6) is 0 Å². The van der Waals surface area contributed by atoms with Crippen molar-refractivity contribution in [3.63, 3.8) is 0 Å². The van der Waals surface area contributed by atoms with Gasteiger partial charge in [0.1, 0.15) is 5.82 Å². The Labute approximate surface area is 122 Å². The van der Waals surface area contributed by atoms with Crippen molar-refractivity contribution in [2.75, 3.05) is 0 Å². The number of rotatable bonds is 2. The van der Waals surface area contributed by atoms with Crippen molar-refractivity contribution in [2.24, 2.45) is 5.41 Å². The zero-order chi connectivity index (χ0) is 15.7. The second-order valence-corrected chi connectivity index (χ2v) is 7.12. The fourth-order valence-corrected chi connectivity index (χ4v) is 1.76. The van der Waals surface area contributed by atoms with E-state index in [4.69, 9.17) is 0 Å². The molecule has 110 valence electrons. The van der Waals surface area contributed by atoms with Crippen molar-refractivity contribution in [1.29, 1.82) is 0 Å². The molecule has 20 heavy (non-hydrogen) atoms. The summed E-state index contributed by atoms with van der Waals surface area (Å²) >= 11 is 0. The maximum Gasteiger partial charge on any atom is 0.161 e. The van der Waals surface area contributed by atoms with E-state index in [1.807, 2.05) is 37.9 Å². The van der Waals surface area contributed by atoms with Gasteiger partial charge in [-0.15, -0.1) is 0 Å². The van der Waals surface area contributed by atoms with Gasteiger partial charge in [0.05, 0.1) is 0 Å². The second kappa shape index (κ2) is 5.31. The molecule has 0 radical (unpaired) electrons. The number of nitrogens with zero attached hydrogens (tertiary/aromatic N) is 1. The molecule has 1 heterocycles. The SMILES string of the molecule is C=C1NC(=C)N(C(C)(C)C)C=C1/C=C/C(=O)C(C)(C)C. The highest BCUT2D eigenvalue weighted by molar-refractivity contribution is 5.94. The van der Waals surface area contributed by atoms with E-state index in [1.165, 1.54) is 0 Å². The van der Waals surface area contributed by atoms with Gasteiger partial charge in [-0.3, -0.25) is 4.79 Å². The Morgan fingerprint density at radius 2 is 1.75 bits per heavy atom. The van der Waals surface area contributed by atoms with E-state index in [1.54, 1.807) is 6.08 Å². The Balaban J connectivity index is 3.04. The number of hydrogen-bond acceptors (Lipinski definition) is 3. The van der Waals surface area contributed by atoms with E-state index in [9.17, 15) is 4.79 Å². The predicted molar refractivity (Wildman–Crippen MR) is 84.7 cm³/mol. The van der Waals surface area contributed by atoms with Crippen LogP contribution in [0.3, 0.4) is 0 Å². The monoisotopic (exact) mass is 274 g/mol. The minimum atomic E-state index is -0.367. The third-order valence-electron chi connectivity index (χ3n) is 3.08. The van der Waals surface area contributed by atoms with Crippen LogP contribution >= 0.6 is 0 Å². The largest absolute Gasteiger partial charge is 0.342 e. The zero-order valence-corrected chi connectivity index (χ0v) is 13.5. The van der Waals surface area contributed by atoms with Gasteiger partial charge >= 0.3 is 0 Å². The van der Waals surface area contributed by atoms with Gasteiger partial charge in [0.2, 0.25) is 0 Å². The summed E-state index contributed by atoms with van der Waals surface area (Å²) in [4.78, 5) is 14.0. The Hall–Kier alpha value is -1.77. The fraction of sp³-hybridized carbons (Fsp3) is 0.471. The maximum absolute atomic E-state index is 12.0. The molecule has 1 N–H and O–H groups in total. The molecule has 0 atom stereocenters. The minimum absolute atomic E-state index is 0.0854. The van der Waals surface area contributed by atoms with Crippen molar-refractivity contribution >= 4 is 5.78 Å². The average Bonchev–Trinajstić information content (AvgIpc) is 2.24. The molecule has 0 bridgehead atoms. The standard InChI is InChI=1S/C17H26N2O/c1-12-14(9-10-15(20)16(3,4)5)11-19(13(2)18-12)17(6,7)8/h9-11,18H,1-2H2,3-8H3/b10-9+. The zero-order valence-electron chi connectivity index (χ0n) is 13.5. The highest BCUT2D eigenvalue weighted by Gasteiger charge is 2.25. The van der Waals surface area contributed by atoms with Gasteiger partial charge in [0.15, 0.2) is 5.78 Å². The molecule has 0 aromatic heterocycles. The van der Waals surface area contributed by atoms with Crippen LogP contribution in [0.15, 0.2) is 48.6 Å². The molecule has 0 aromatic rings. The number of allylic oxidation sites excluding steroid dienone is 2. The van der Waals surface area contributed by atoms with Crippen LogP contribution in [0, 0.1) is 5.41 Å². The summed E-state index contributed by atoms with van der Waals surface area (Å²) in [6.07, 6.45) is 5.41. The summed E-state index contributed by atoms with van der Waals surface area (Å²) in [7, 11) is 0. The summed E-state index contributed by atoms with van der Waals surface area (Å²) in [5.41, 5.74) is 1.20. The van der Waals surface area contributed by atoms with Crippen LogP contribution in [0.2, 0.25) is 0 Å². The molecular formula is C17H26N2O. The van der Waals surface area contributed by atoms with E-state index in [0.717, 1.165) is 17.1 Å². The van der Waals surface area contributed by atoms with Crippen LogP contribution in [0.1, 0.15) is 41.5 Å². The molecule has 0 spiro atoms. The predicted octanol–water partition coefficient (Wildman–Crippen LogP) is 3.73. The van der Waals surface area contributed by atoms with Crippen LogP contribution in [-0.2, 0) is 4.79 Å². The molecule has 3 heteroatoms. The third-order valence-corrected chi connectivity index (χ3v) is 3.08. The van der Waals surface area contributed by atoms with Gasteiger partial charge in [0, 0.05) is 28.4 Å². The number of ketones is 1. The summed E-state index contributed by atoms with van der Waals surface area (Å²) in [6.45, 7) is 20.0. The molecule has 3 nitrogen and oxygen atoms in total. The molecule has 0 aliphatic carbocycles. The van der Waals surface area contributed by atoms with E-state index in [-0.39, 0.29) is 16.7 Å². The first-order chi connectivity index (χ1) is 8.93. The normalized spacial score (nSPS) is 17.3. The van der Waals surface area contributed by atoms with Crippen molar-refractivity contribution in [2.45, 2.75) is 47.1 Å². The first-order valence-electron chi connectivity index (χ1n) is 6.82. The highest BCUT2D eigenvalue weighted by Crippen LogP contribution is 2.26. The van der Waals surface area contributed by atoms with Gasteiger partial charge in [-0.25, -0.2) is 0 Å². The van der Waals surface area contributed by atoms with Crippen molar-refractivity contribution in [3.8, 4) is 0 Å². The Kier molecular flexibility index (Phi) is 4.33. The van der Waals surface area contributed by atoms with Crippen LogP contribution in [0.25, 0.3) is 0 Å². The molecule has 0 aromatic carbocycles. The van der Waals surface area contributed by atoms with Crippen molar-refractivity contribution in [1.82, 2.24) is 10.2 Å². The lowest BCUT2D eigenvalue weighted by Gasteiger charge is -2.40. The van der Waals surface area contributed by atoms with Crippen LogP contribution in [0.4, 0.5) is 0 Å². The molecule has 0 fully saturated rings. The van der Waals surface area contributed by atoms with E-state index >= 15 is 0 Å². The van der Waals surface area contributed by atoms with Crippen molar-refractivity contribution < 1.29 is 4.79 Å². The Morgan fingerprint density at radius 3 is 2.20 bits per heavy atom. The molecule has 0 amide bonds. The number of nitrogens with one attached hydrogen (secondary N) is 1. The number of carbonyl (C=O) groups is 1. The minimum Gasteiger partial charge on any atom is -0.342 e. The van der Waals surface area contributed by atoms with Gasteiger partial charge in [-0.1, -0.05) is 33.9 Å². The Bertz CT molecular complexity index is 496. The lowest BCUT2D eigenvalue weighted by atomic mass is 9.90. The smallest absolute Gasteiger partial charge is 0.161 e. The summed E-state index contributed by atoms with van der Waals surface area (Å²) < 4.78 is 0. The summed E-state index contributed by atoms with van der Waals surface area (Å²) in [5.74, 6) is 0.889. The van der Waals surface area contributed by atoms with Crippen LogP contribution in [-0.4, -0.2) is 16.2 Å². The second-order valence-electron chi connectivity index (χ2n) is 7.12. The number of carbonyl (C=O) groups excluding carboxylic acids is 1. The molecule has 1 rings (SSSR count). The molecule has 0 saturated carbocycles. The third kappa shape index (κ3) is 3.86. The topological polar surface area (TPSA) is 32.3 Å². The summed E-state index contributed by atoms with van der Waals surface area (Å²) in [5, 5.41) is 3.15.